The summed E-state index contributed by atoms with van der Waals surface area (Å²) in [6, 6.07) is -10.4. The van der Waals surface area contributed by atoms with Crippen molar-refractivity contribution in [1.82, 2.24) is 58.1 Å². The fourth-order valence-electron chi connectivity index (χ4n) is 7.06. The van der Waals surface area contributed by atoms with Crippen LogP contribution in [0, 0.1) is 0 Å². The van der Waals surface area contributed by atoms with Gasteiger partial charge in [0.2, 0.25) is 11.8 Å². The summed E-state index contributed by atoms with van der Waals surface area (Å²) in [6.07, 6.45) is -5.79. The minimum absolute atomic E-state index is 0.115. The number of amides is 6. The lowest BCUT2D eigenvalue weighted by Crippen LogP contribution is -2.69. The summed E-state index contributed by atoms with van der Waals surface area (Å²) in [6.45, 7) is 22.8. The van der Waals surface area contributed by atoms with Crippen molar-refractivity contribution in [3.8, 4) is 0 Å². The number of ketones is 1. The largest absolute Gasteiger partial charge is 0.468 e. The highest BCUT2D eigenvalue weighted by molar-refractivity contribution is 5.98. The quantitative estimate of drug-likeness (QED) is 0.00973. The maximum Gasteiger partial charge on any atom is 0.323 e. The molecule has 0 aromatic carbocycles. The van der Waals surface area contributed by atoms with Gasteiger partial charge in [-0.2, -0.15) is 0 Å². The molecule has 29 heteroatoms. The van der Waals surface area contributed by atoms with Crippen LogP contribution in [0.2, 0.25) is 0 Å². The Balaban J connectivity index is 7.56. The molecule has 0 bridgehead atoms. The third-order valence-electron chi connectivity index (χ3n) is 10.9. The van der Waals surface area contributed by atoms with E-state index in [0.717, 1.165) is 18.1 Å². The first kappa shape index (κ1) is 74.5. The fraction of sp³-hybridized carbons (Fsp3) is 0.642. The molecule has 0 aromatic rings. The maximum absolute atomic E-state index is 14.8. The average Bonchev–Trinajstić information content (AvgIpc) is 3.42. The Hall–Kier alpha value is -7.47. The van der Waals surface area contributed by atoms with Gasteiger partial charge in [0, 0.05) is 32.2 Å². The molecule has 0 fully saturated rings. The number of Topliss-reactive ketones (excluding diaryl/α,β-unsaturated/α-hetero) is 1. The molecule has 0 saturated heterocycles. The number of allylic oxidation sites excluding steroid dienone is 1. The number of hydrogen-bond donors (Lipinski definition) is 10. The van der Waals surface area contributed by atoms with Crippen LogP contribution in [0.15, 0.2) is 25.3 Å². The zero-order chi connectivity index (χ0) is 63.1. The van der Waals surface area contributed by atoms with Crippen molar-refractivity contribution in [3.63, 3.8) is 0 Å². The smallest absolute Gasteiger partial charge is 0.323 e. The van der Waals surface area contributed by atoms with Crippen LogP contribution in [-0.2, 0) is 86.1 Å². The van der Waals surface area contributed by atoms with Crippen LogP contribution in [0.3, 0.4) is 0 Å². The summed E-state index contributed by atoms with van der Waals surface area (Å²) in [5.41, 5.74) is -1.87. The van der Waals surface area contributed by atoms with Gasteiger partial charge >= 0.3 is 17.9 Å². The topological polar surface area (TPSA) is 407 Å². The zero-order valence-corrected chi connectivity index (χ0v) is 48.8. The van der Waals surface area contributed by atoms with E-state index >= 15 is 0 Å². The third-order valence-corrected chi connectivity index (χ3v) is 10.9. The molecule has 29 nitrogen and oxygen atoms in total. The molecule has 0 unspecified atom stereocenters. The Kier molecular flexibility index (Phi) is 34.1. The van der Waals surface area contributed by atoms with Gasteiger partial charge in [0.1, 0.15) is 54.7 Å². The van der Waals surface area contributed by atoms with Crippen molar-refractivity contribution in [2.75, 3.05) is 13.7 Å². The lowest BCUT2D eigenvalue weighted by Gasteiger charge is -2.36. The number of esters is 3. The number of methoxy groups -OCH3 is 1. The second-order valence-electron chi connectivity index (χ2n) is 21.0. The standard InChI is InChI=1S/C53H85N11O18/c1-15-17-18-39(71)59-36(20-22-41(73)82-53(11,12)13)46(74)63-44(57-33(6)28-68)50(78)64(23-16-2)45(58-34(7)29-69)49(77)62-43(56-32(5)27-67)48(76)61-42(55-31(4)26-66)47(75)60-35(19-21-40(72)81-52(8,9)10)38(70)24-37(51(79)80-14)54-30(3)25-65/h15-16,25-37,42-45,54-58H,1-2,17-24H2,3-14H3,(H,59,71)(H,60,75)(H,61,76)(H,62,77)(H,63,74)/t30-,31-,32-,33-,34-,35-,36-,37-,42-,43+,44+,45-/m0/s1. The first-order valence-corrected chi connectivity index (χ1v) is 26.4. The Bertz CT molecular complexity index is 2250. The van der Waals surface area contributed by atoms with E-state index in [1.807, 2.05) is 0 Å². The molecule has 0 aliphatic carbocycles. The van der Waals surface area contributed by atoms with E-state index in [4.69, 9.17) is 14.2 Å². The maximum atomic E-state index is 14.8. The molecular weight excluding hydrogens is 1080 g/mol. The molecule has 82 heavy (non-hydrogen) atoms. The summed E-state index contributed by atoms with van der Waals surface area (Å²) in [4.78, 5) is 198. The molecule has 12 atom stereocenters. The van der Waals surface area contributed by atoms with Crippen LogP contribution in [0.1, 0.15) is 121 Å². The monoisotopic (exact) mass is 1160 g/mol. The van der Waals surface area contributed by atoms with E-state index in [2.05, 4.69) is 66.3 Å². The van der Waals surface area contributed by atoms with E-state index < -0.39 is 169 Å². The van der Waals surface area contributed by atoms with Crippen LogP contribution in [0.4, 0.5) is 0 Å². The van der Waals surface area contributed by atoms with Gasteiger partial charge in [-0.05, 0) is 95.4 Å². The summed E-state index contributed by atoms with van der Waals surface area (Å²) in [7, 11) is 1.03. The first-order valence-electron chi connectivity index (χ1n) is 26.4. The van der Waals surface area contributed by atoms with Gasteiger partial charge in [-0.25, -0.2) is 0 Å². The van der Waals surface area contributed by atoms with Gasteiger partial charge in [0.25, 0.3) is 23.6 Å². The van der Waals surface area contributed by atoms with Crippen molar-refractivity contribution < 1.29 is 86.1 Å². The van der Waals surface area contributed by atoms with Crippen molar-refractivity contribution in [3.05, 3.63) is 25.3 Å². The summed E-state index contributed by atoms with van der Waals surface area (Å²) >= 11 is 0. The molecule has 0 aromatic heterocycles. The molecule has 0 heterocycles. The highest BCUT2D eigenvalue weighted by atomic mass is 16.6. The van der Waals surface area contributed by atoms with E-state index in [1.54, 1.807) is 41.5 Å². The Morgan fingerprint density at radius 2 is 0.902 bits per heavy atom. The first-order chi connectivity index (χ1) is 38.2. The van der Waals surface area contributed by atoms with Gasteiger partial charge in [0.05, 0.1) is 43.4 Å². The number of carbonyl (C=O) groups excluding carboxylic acids is 15. The fourth-order valence-corrected chi connectivity index (χ4v) is 7.06. The van der Waals surface area contributed by atoms with E-state index in [1.165, 1.54) is 40.7 Å². The predicted octanol–water partition coefficient (Wildman–Crippen LogP) is -2.78. The van der Waals surface area contributed by atoms with Gasteiger partial charge in [-0.15, -0.1) is 13.2 Å². The highest BCUT2D eigenvalue weighted by Crippen LogP contribution is 2.14. The van der Waals surface area contributed by atoms with Crippen molar-refractivity contribution in [2.45, 2.75) is 205 Å². The number of nitrogens with one attached hydrogen (secondary N) is 10. The van der Waals surface area contributed by atoms with Crippen LogP contribution in [0.5, 0.6) is 0 Å². The van der Waals surface area contributed by atoms with E-state index in [-0.39, 0.29) is 25.7 Å². The van der Waals surface area contributed by atoms with Crippen molar-refractivity contribution >= 4 is 90.6 Å². The number of hydrogen-bond acceptors (Lipinski definition) is 23. The van der Waals surface area contributed by atoms with Crippen LogP contribution in [0.25, 0.3) is 0 Å². The van der Waals surface area contributed by atoms with Crippen LogP contribution in [-0.4, -0.2) is 193 Å². The molecule has 10 N–H and O–H groups in total. The van der Waals surface area contributed by atoms with E-state index in [0.29, 0.717) is 31.4 Å². The number of ether oxygens (including phenoxy) is 3. The Morgan fingerprint density at radius 3 is 1.34 bits per heavy atom. The number of carbonyl (C=O) groups is 15. The molecule has 0 spiro atoms. The van der Waals surface area contributed by atoms with Gasteiger partial charge < -0.3 is 69.7 Å². The lowest BCUT2D eigenvalue weighted by molar-refractivity contribution is -0.156. The zero-order valence-electron chi connectivity index (χ0n) is 48.8. The third kappa shape index (κ3) is 29.8. The molecular formula is C53H85N11O18. The van der Waals surface area contributed by atoms with Gasteiger partial charge in [0.15, 0.2) is 30.4 Å². The molecule has 0 radical (unpaired) electrons. The second-order valence-corrected chi connectivity index (χ2v) is 21.0. The molecule has 460 valence electrons. The predicted molar refractivity (Wildman–Crippen MR) is 294 cm³/mol. The number of aldehydes is 5. The molecule has 0 aliphatic rings. The van der Waals surface area contributed by atoms with Gasteiger partial charge in [-0.1, -0.05) is 12.2 Å². The number of rotatable bonds is 41. The Morgan fingerprint density at radius 1 is 0.488 bits per heavy atom. The van der Waals surface area contributed by atoms with Crippen LogP contribution >= 0.6 is 0 Å². The minimum Gasteiger partial charge on any atom is -0.468 e. The normalized spacial score (nSPS) is 15.7. The second kappa shape index (κ2) is 37.5. The Labute approximate surface area is 477 Å². The van der Waals surface area contributed by atoms with Crippen LogP contribution < -0.4 is 53.2 Å². The molecule has 6 amide bonds. The summed E-state index contributed by atoms with van der Waals surface area (Å²) < 4.78 is 15.5. The molecule has 0 rings (SSSR count). The van der Waals surface area contributed by atoms with Crippen molar-refractivity contribution in [1.29, 1.82) is 0 Å². The summed E-state index contributed by atoms with van der Waals surface area (Å²) in [5, 5.41) is 24.9. The number of nitrogens with zero attached hydrogens (tertiary/aromatic N) is 1. The average molecular weight is 1160 g/mol. The van der Waals surface area contributed by atoms with Gasteiger partial charge in [-0.3, -0.25) is 74.5 Å². The minimum atomic E-state index is -2.05. The molecule has 0 saturated carbocycles. The highest BCUT2D eigenvalue weighted by Gasteiger charge is 2.40. The molecule has 0 aliphatic heterocycles. The van der Waals surface area contributed by atoms with E-state index in [9.17, 15) is 71.9 Å². The lowest BCUT2D eigenvalue weighted by atomic mass is 9.99. The summed E-state index contributed by atoms with van der Waals surface area (Å²) in [5.74, 6) is -10.0. The van der Waals surface area contributed by atoms with Crippen molar-refractivity contribution in [2.24, 2.45) is 0 Å². The SMILES string of the molecule is C=CCCC(=O)N[C@@H](CCC(=O)OC(C)(C)C)C(=O)N[C@@H](N[C@@H](C)C=O)C(=O)N(CC=C)[C@H](N[C@@H](C)C=O)C(=O)N[C@@H](N[C@@H](C)C=O)C(=O)N[C@H](N[C@@H](C)C=O)C(=O)N[C@@H](CCC(=O)OC(C)(C)C)C(=O)C[C@H](N[C@@H](C)C=O)C(=O)OC.